The molecule has 1 heterocycles. The van der Waals surface area contributed by atoms with Crippen molar-refractivity contribution in [1.29, 1.82) is 0 Å². The Bertz CT molecular complexity index is 709. The first-order chi connectivity index (χ1) is 9.16. The zero-order valence-electron chi connectivity index (χ0n) is 12.3. The Morgan fingerprint density at radius 1 is 1.25 bits per heavy atom. The summed E-state index contributed by atoms with van der Waals surface area (Å²) >= 11 is 0. The highest BCUT2D eigenvalue weighted by Crippen LogP contribution is 2.21. The van der Waals surface area contributed by atoms with Gasteiger partial charge in [0.1, 0.15) is 0 Å². The lowest BCUT2D eigenvalue weighted by Gasteiger charge is -2.15. The van der Waals surface area contributed by atoms with Crippen molar-refractivity contribution in [2.45, 2.75) is 37.6 Å². The van der Waals surface area contributed by atoms with E-state index in [9.17, 15) is 8.42 Å². The lowest BCUT2D eigenvalue weighted by Crippen LogP contribution is -2.09. The molecule has 0 saturated heterocycles. The van der Waals surface area contributed by atoms with E-state index in [1.165, 1.54) is 6.26 Å². The van der Waals surface area contributed by atoms with Crippen molar-refractivity contribution in [2.75, 3.05) is 6.26 Å². The van der Waals surface area contributed by atoms with Gasteiger partial charge < -0.3 is 0 Å². The molecule has 0 N–H and O–H groups in total. The van der Waals surface area contributed by atoms with E-state index in [0.717, 1.165) is 11.1 Å². The molecule has 4 nitrogen and oxygen atoms in total. The maximum atomic E-state index is 11.6. The molecule has 0 spiro atoms. The van der Waals surface area contributed by atoms with Gasteiger partial charge >= 0.3 is 0 Å². The smallest absolute Gasteiger partial charge is 0.175 e. The molecule has 1 aromatic carbocycles. The molecule has 0 unspecified atom stereocenters. The molecule has 1 aromatic heterocycles. The predicted octanol–water partition coefficient (Wildman–Crippen LogP) is 2.63. The molecule has 0 aliphatic heterocycles. The van der Waals surface area contributed by atoms with Crippen molar-refractivity contribution >= 4 is 9.84 Å². The van der Waals surface area contributed by atoms with E-state index >= 15 is 0 Å². The van der Waals surface area contributed by atoms with Gasteiger partial charge in [0.15, 0.2) is 9.84 Å². The number of rotatable bonds is 3. The van der Waals surface area contributed by atoms with E-state index in [4.69, 9.17) is 0 Å². The number of aromatic nitrogens is 2. The fraction of sp³-hybridized carbons (Fsp3) is 0.400. The summed E-state index contributed by atoms with van der Waals surface area (Å²) in [5.41, 5.74) is 2.15. The third kappa shape index (κ3) is 3.48. The first kappa shape index (κ1) is 14.8. The second-order valence-corrected chi connectivity index (χ2v) is 8.11. The van der Waals surface area contributed by atoms with E-state index in [1.54, 1.807) is 18.2 Å². The van der Waals surface area contributed by atoms with E-state index < -0.39 is 9.84 Å². The fourth-order valence-corrected chi connectivity index (χ4v) is 2.59. The predicted molar refractivity (Wildman–Crippen MR) is 79.6 cm³/mol. The highest BCUT2D eigenvalue weighted by molar-refractivity contribution is 7.90. The van der Waals surface area contributed by atoms with Crippen LogP contribution in [0.1, 0.15) is 31.9 Å². The minimum Gasteiger partial charge on any atom is -0.268 e. The van der Waals surface area contributed by atoms with Crippen molar-refractivity contribution in [3.8, 4) is 0 Å². The first-order valence-electron chi connectivity index (χ1n) is 6.48. The summed E-state index contributed by atoms with van der Waals surface area (Å²) in [6, 6.07) is 6.99. The zero-order valence-corrected chi connectivity index (χ0v) is 13.1. The van der Waals surface area contributed by atoms with E-state index in [-0.39, 0.29) is 5.41 Å². The van der Waals surface area contributed by atoms with Crippen LogP contribution in [0, 0.1) is 0 Å². The second kappa shape index (κ2) is 5.05. The van der Waals surface area contributed by atoms with Gasteiger partial charge in [-0.25, -0.2) is 8.42 Å². The van der Waals surface area contributed by atoms with Crippen LogP contribution in [0.15, 0.2) is 41.6 Å². The molecule has 2 aromatic rings. The lowest BCUT2D eigenvalue weighted by molar-refractivity contribution is 0.587. The van der Waals surface area contributed by atoms with Gasteiger partial charge in [0.2, 0.25) is 0 Å². The topological polar surface area (TPSA) is 52.0 Å². The van der Waals surface area contributed by atoms with Crippen LogP contribution >= 0.6 is 0 Å². The van der Waals surface area contributed by atoms with Crippen molar-refractivity contribution in [1.82, 2.24) is 9.78 Å². The Balaban J connectivity index is 2.25. The van der Waals surface area contributed by atoms with Crippen molar-refractivity contribution < 1.29 is 8.42 Å². The highest BCUT2D eigenvalue weighted by Gasteiger charge is 2.15. The summed E-state index contributed by atoms with van der Waals surface area (Å²) < 4.78 is 24.9. The van der Waals surface area contributed by atoms with Crippen LogP contribution in [0.3, 0.4) is 0 Å². The minimum atomic E-state index is -3.17. The minimum absolute atomic E-state index is 0.0624. The largest absolute Gasteiger partial charge is 0.268 e. The van der Waals surface area contributed by atoms with Gasteiger partial charge in [0.25, 0.3) is 0 Å². The van der Waals surface area contributed by atoms with Gasteiger partial charge in [-0.15, -0.1) is 0 Å². The monoisotopic (exact) mass is 292 g/mol. The van der Waals surface area contributed by atoms with Gasteiger partial charge in [-0.2, -0.15) is 5.10 Å². The Morgan fingerprint density at radius 2 is 1.95 bits per heavy atom. The molecule has 2 rings (SSSR count). The number of nitrogens with zero attached hydrogens (tertiary/aromatic N) is 2. The molecular weight excluding hydrogens is 272 g/mol. The molecule has 0 saturated carbocycles. The Morgan fingerprint density at radius 3 is 2.50 bits per heavy atom. The molecule has 0 bridgehead atoms. The molecule has 0 aliphatic rings. The maximum Gasteiger partial charge on any atom is 0.175 e. The van der Waals surface area contributed by atoms with Crippen molar-refractivity contribution in [3.63, 3.8) is 0 Å². The van der Waals surface area contributed by atoms with Crippen LogP contribution in [0.5, 0.6) is 0 Å². The summed E-state index contributed by atoms with van der Waals surface area (Å²) in [5, 5.41) is 4.34. The standard InChI is InChI=1S/C15H20N2O2S/c1-15(2,3)13-9-16-17(11-13)10-12-6-5-7-14(8-12)20(4,18)19/h5-9,11H,10H2,1-4H3. The number of hydrogen-bond acceptors (Lipinski definition) is 3. The summed E-state index contributed by atoms with van der Waals surface area (Å²) in [7, 11) is -3.17. The molecule has 0 aliphatic carbocycles. The first-order valence-corrected chi connectivity index (χ1v) is 8.37. The number of hydrogen-bond donors (Lipinski definition) is 0. The van der Waals surface area contributed by atoms with Gasteiger partial charge in [-0.05, 0) is 28.7 Å². The van der Waals surface area contributed by atoms with E-state index in [2.05, 4.69) is 25.9 Å². The van der Waals surface area contributed by atoms with Crippen LogP contribution in [-0.2, 0) is 21.8 Å². The molecule has 108 valence electrons. The fourth-order valence-electron chi connectivity index (χ4n) is 1.90. The van der Waals surface area contributed by atoms with E-state index in [0.29, 0.717) is 11.4 Å². The summed E-state index contributed by atoms with van der Waals surface area (Å²) in [6.45, 7) is 6.98. The average molecular weight is 292 g/mol. The van der Waals surface area contributed by atoms with Gasteiger partial charge in [-0.3, -0.25) is 4.68 Å². The molecule has 5 heteroatoms. The third-order valence-electron chi connectivity index (χ3n) is 3.17. The molecule has 0 amide bonds. The highest BCUT2D eigenvalue weighted by atomic mass is 32.2. The molecule has 20 heavy (non-hydrogen) atoms. The Labute approximate surface area is 120 Å². The lowest BCUT2D eigenvalue weighted by atomic mass is 9.90. The van der Waals surface area contributed by atoms with E-state index in [1.807, 2.05) is 23.1 Å². The maximum absolute atomic E-state index is 11.6. The molecular formula is C15H20N2O2S. The Hall–Kier alpha value is -1.62. The van der Waals surface area contributed by atoms with Crippen LogP contribution in [0.25, 0.3) is 0 Å². The van der Waals surface area contributed by atoms with Crippen LogP contribution in [-0.4, -0.2) is 24.5 Å². The van der Waals surface area contributed by atoms with Crippen molar-refractivity contribution in [2.24, 2.45) is 0 Å². The van der Waals surface area contributed by atoms with Crippen LogP contribution < -0.4 is 0 Å². The molecule has 0 atom stereocenters. The molecule has 0 fully saturated rings. The SMILES string of the molecule is CC(C)(C)c1cnn(Cc2cccc(S(C)(=O)=O)c2)c1. The van der Waals surface area contributed by atoms with Gasteiger partial charge in [0.05, 0.1) is 17.6 Å². The van der Waals surface area contributed by atoms with Gasteiger partial charge in [-0.1, -0.05) is 32.9 Å². The average Bonchev–Trinajstić information content (AvgIpc) is 2.76. The number of sulfone groups is 1. The summed E-state index contributed by atoms with van der Waals surface area (Å²) in [4.78, 5) is 0.346. The molecule has 0 radical (unpaired) electrons. The van der Waals surface area contributed by atoms with Crippen LogP contribution in [0.4, 0.5) is 0 Å². The quantitative estimate of drug-likeness (QED) is 0.874. The normalized spacial score (nSPS) is 12.6. The van der Waals surface area contributed by atoms with Crippen LogP contribution in [0.2, 0.25) is 0 Å². The zero-order chi connectivity index (χ0) is 15.0. The summed E-state index contributed by atoms with van der Waals surface area (Å²) in [5.74, 6) is 0. The number of benzene rings is 1. The summed E-state index contributed by atoms with van der Waals surface area (Å²) in [6.07, 6.45) is 5.09. The van der Waals surface area contributed by atoms with Crippen molar-refractivity contribution in [3.05, 3.63) is 47.8 Å². The second-order valence-electron chi connectivity index (χ2n) is 6.10. The Kier molecular flexibility index (Phi) is 3.73. The third-order valence-corrected chi connectivity index (χ3v) is 4.28. The van der Waals surface area contributed by atoms with Gasteiger partial charge in [0, 0.05) is 12.5 Å².